The highest BCUT2D eigenvalue weighted by atomic mass is 35.5. The van der Waals surface area contributed by atoms with E-state index in [2.05, 4.69) is 9.72 Å². The number of pyridine rings is 1. The Kier molecular flexibility index (Phi) is 12.1. The number of esters is 2. The van der Waals surface area contributed by atoms with Crippen molar-refractivity contribution in [3.05, 3.63) is 75.5 Å². The van der Waals surface area contributed by atoms with Gasteiger partial charge < -0.3 is 28.4 Å². The third-order valence-corrected chi connectivity index (χ3v) is 8.80. The number of H-pyrrole nitrogens is 1. The lowest BCUT2D eigenvalue weighted by atomic mass is 10.0. The number of ether oxygens (including phenoxy) is 6. The zero-order valence-corrected chi connectivity index (χ0v) is 30.0. The predicted octanol–water partition coefficient (Wildman–Crippen LogP) is 7.65. The second kappa shape index (κ2) is 16.3. The summed E-state index contributed by atoms with van der Waals surface area (Å²) in [7, 11) is 1.37. The average Bonchev–Trinajstić information content (AvgIpc) is 3.76. The second-order valence-corrected chi connectivity index (χ2v) is 14.0. The summed E-state index contributed by atoms with van der Waals surface area (Å²) >= 11 is 12.9. The number of hydrogen-bond donors (Lipinski definition) is 0. The first-order valence-corrected chi connectivity index (χ1v) is 17.1. The molecule has 0 unspecified atom stereocenters. The fraction of sp³-hybridized carbons (Fsp3) is 0.444. The molecule has 0 spiro atoms. The van der Waals surface area contributed by atoms with Gasteiger partial charge in [0.15, 0.2) is 35.4 Å². The number of benzene rings is 2. The Hall–Kier alpha value is -4.36. The van der Waals surface area contributed by atoms with Gasteiger partial charge in [-0.3, -0.25) is 4.90 Å². The molecule has 0 radical (unpaired) electrons. The average molecular weight is 753 g/mol. The van der Waals surface area contributed by atoms with E-state index in [1.165, 1.54) is 60.8 Å². The number of amides is 1. The van der Waals surface area contributed by atoms with Crippen molar-refractivity contribution in [1.29, 1.82) is 0 Å². The van der Waals surface area contributed by atoms with Crippen LogP contribution in [0.5, 0.6) is 23.0 Å². The Balaban J connectivity index is 1.41. The minimum Gasteiger partial charge on any atom is -0.493 e. The molecule has 5 rings (SSSR count). The number of carbonyl (C=O) groups excluding carboxylic acids is 3. The van der Waals surface area contributed by atoms with Gasteiger partial charge in [-0.1, -0.05) is 29.3 Å². The number of methoxy groups -OCH3 is 1. The van der Waals surface area contributed by atoms with Crippen molar-refractivity contribution < 1.29 is 56.6 Å². The van der Waals surface area contributed by atoms with E-state index in [-0.39, 0.29) is 45.0 Å². The fourth-order valence-electron chi connectivity index (χ4n) is 5.42. The Morgan fingerprint density at radius 3 is 2.31 bits per heavy atom. The Bertz CT molecular complexity index is 1730. The van der Waals surface area contributed by atoms with Crippen LogP contribution in [0.2, 0.25) is 10.0 Å². The van der Waals surface area contributed by atoms with Gasteiger partial charge in [0.05, 0.1) is 19.3 Å². The van der Waals surface area contributed by atoms with Gasteiger partial charge >= 0.3 is 24.6 Å². The van der Waals surface area contributed by atoms with Crippen molar-refractivity contribution in [3.63, 3.8) is 0 Å². The van der Waals surface area contributed by atoms with Gasteiger partial charge in [-0.2, -0.15) is 8.78 Å². The fourth-order valence-corrected chi connectivity index (χ4v) is 5.95. The molecule has 1 aromatic heterocycles. The number of likely N-dealkylation sites (tertiary alicyclic amines) is 1. The number of nitrogens with one attached hydrogen (secondary N) is 1. The monoisotopic (exact) mass is 751 g/mol. The molecule has 1 aliphatic carbocycles. The van der Waals surface area contributed by atoms with Crippen LogP contribution in [0.3, 0.4) is 0 Å². The largest absolute Gasteiger partial charge is 0.493 e. The molecule has 1 aliphatic heterocycles. The number of alkyl halides is 2. The third kappa shape index (κ3) is 10.1. The van der Waals surface area contributed by atoms with Crippen molar-refractivity contribution in [2.24, 2.45) is 5.92 Å². The van der Waals surface area contributed by atoms with E-state index in [0.29, 0.717) is 43.0 Å². The number of carbonyl (C=O) groups is 3. The molecule has 3 aromatic rings. The highest BCUT2D eigenvalue weighted by Gasteiger charge is 2.38. The van der Waals surface area contributed by atoms with Crippen molar-refractivity contribution in [1.82, 2.24) is 4.90 Å². The topological polar surface area (TPSA) is 124 Å². The lowest BCUT2D eigenvalue weighted by Gasteiger charge is -2.27. The van der Waals surface area contributed by atoms with Crippen molar-refractivity contribution in [2.75, 3.05) is 20.3 Å². The minimum absolute atomic E-state index is 0.000435. The van der Waals surface area contributed by atoms with Crippen molar-refractivity contribution in [2.45, 2.75) is 77.2 Å². The highest BCUT2D eigenvalue weighted by Crippen LogP contribution is 2.38. The van der Waals surface area contributed by atoms with E-state index in [1.54, 1.807) is 20.8 Å². The molecule has 11 nitrogen and oxygen atoms in total. The number of aromatic nitrogens is 1. The van der Waals surface area contributed by atoms with Crippen LogP contribution in [-0.4, -0.2) is 61.4 Å². The first-order valence-electron chi connectivity index (χ1n) is 16.4. The summed E-state index contributed by atoms with van der Waals surface area (Å²) in [5.74, 6) is -1.26. The molecule has 15 heteroatoms. The lowest BCUT2D eigenvalue weighted by Crippen LogP contribution is -2.44. The Morgan fingerprint density at radius 2 is 1.67 bits per heavy atom. The van der Waals surface area contributed by atoms with Gasteiger partial charge in [-0.15, -0.1) is 0 Å². The van der Waals surface area contributed by atoms with Gasteiger partial charge in [-0.25, -0.2) is 19.4 Å². The minimum atomic E-state index is -3.08. The molecule has 51 heavy (non-hydrogen) atoms. The van der Waals surface area contributed by atoms with E-state index in [1.807, 2.05) is 0 Å². The Labute approximate surface area is 304 Å². The van der Waals surface area contributed by atoms with Gasteiger partial charge in [-0.05, 0) is 88.3 Å². The van der Waals surface area contributed by atoms with E-state index in [9.17, 15) is 23.2 Å². The second-order valence-electron chi connectivity index (χ2n) is 13.2. The van der Waals surface area contributed by atoms with Crippen LogP contribution in [0.1, 0.15) is 74.0 Å². The molecular weight excluding hydrogens is 713 g/mol. The standard InChI is InChI=1S/C36H38Cl2F2N2O9/c1-36(2,3)51-35(45)42-13-5-6-26(42)33(44)49-31-15-22(10-11-27(31)46-4)32(43)48-29(16-23-24(37)17-41-18-25(23)38)21-9-12-28(50-34(39)40)30(14-21)47-19-20-7-8-20/h9-12,14-15,17-18,20,26,29,34H,5-8,13,16,19H2,1-4H3/p+1/t26-,29-/m0/s1. The zero-order chi connectivity index (χ0) is 36.9. The third-order valence-electron chi connectivity index (χ3n) is 8.13. The molecule has 2 fully saturated rings. The summed E-state index contributed by atoms with van der Waals surface area (Å²) in [6.45, 7) is 2.73. The van der Waals surface area contributed by atoms with Crippen LogP contribution in [-0.2, 0) is 20.7 Å². The van der Waals surface area contributed by atoms with Crippen molar-refractivity contribution >= 4 is 41.2 Å². The van der Waals surface area contributed by atoms with Gasteiger partial charge in [0.2, 0.25) is 0 Å². The molecule has 2 aromatic carbocycles. The molecule has 1 amide bonds. The Morgan fingerprint density at radius 1 is 0.961 bits per heavy atom. The molecule has 2 aliphatic rings. The van der Waals surface area contributed by atoms with E-state index >= 15 is 0 Å². The van der Waals surface area contributed by atoms with Crippen LogP contribution in [0.25, 0.3) is 0 Å². The number of halogens is 4. The molecule has 1 saturated heterocycles. The van der Waals surface area contributed by atoms with E-state index in [4.69, 9.17) is 46.9 Å². The number of aromatic amines is 1. The molecule has 2 heterocycles. The molecule has 0 bridgehead atoms. The van der Waals surface area contributed by atoms with Crippen LogP contribution in [0.15, 0.2) is 48.8 Å². The summed E-state index contributed by atoms with van der Waals surface area (Å²) < 4.78 is 59.6. The summed E-state index contributed by atoms with van der Waals surface area (Å²) in [4.78, 5) is 44.1. The molecule has 274 valence electrons. The van der Waals surface area contributed by atoms with Gasteiger partial charge in [0.25, 0.3) is 0 Å². The molecule has 1 N–H and O–H groups in total. The normalized spacial score (nSPS) is 16.4. The number of rotatable bonds is 13. The lowest BCUT2D eigenvalue weighted by molar-refractivity contribution is -0.377. The first kappa shape index (κ1) is 37.9. The van der Waals surface area contributed by atoms with E-state index in [0.717, 1.165) is 12.8 Å². The van der Waals surface area contributed by atoms with Crippen LogP contribution in [0.4, 0.5) is 13.6 Å². The maximum atomic E-state index is 13.8. The zero-order valence-electron chi connectivity index (χ0n) is 28.5. The summed E-state index contributed by atoms with van der Waals surface area (Å²) in [5.41, 5.74) is 0.0883. The van der Waals surface area contributed by atoms with Crippen LogP contribution < -0.4 is 23.9 Å². The quantitative estimate of drug-likeness (QED) is 0.128. The maximum absolute atomic E-state index is 13.8. The van der Waals surface area contributed by atoms with Crippen molar-refractivity contribution in [3.8, 4) is 23.0 Å². The number of hydrogen-bond acceptors (Lipinski definition) is 9. The smallest absolute Gasteiger partial charge is 0.411 e. The number of nitrogens with zero attached hydrogens (tertiary/aromatic N) is 1. The summed E-state index contributed by atoms with van der Waals surface area (Å²) in [5, 5.41) is 0.551. The molecule has 1 saturated carbocycles. The van der Waals surface area contributed by atoms with Crippen LogP contribution in [0, 0.1) is 5.92 Å². The molecule has 2 atom stereocenters. The maximum Gasteiger partial charge on any atom is 0.411 e. The van der Waals surface area contributed by atoms with E-state index < -0.39 is 42.4 Å². The summed E-state index contributed by atoms with van der Waals surface area (Å²) in [6.07, 6.45) is 4.21. The highest BCUT2D eigenvalue weighted by molar-refractivity contribution is 6.35. The van der Waals surface area contributed by atoms with Gasteiger partial charge in [0, 0.05) is 18.5 Å². The predicted molar refractivity (Wildman–Crippen MR) is 181 cm³/mol. The first-order chi connectivity index (χ1) is 24.2. The SMILES string of the molecule is COc1ccc(C(=O)O[C@@H](Cc2c(Cl)c[nH+]cc2Cl)c2ccc(OC(F)F)c(OCC3CC3)c2)cc1OC(=O)[C@@H]1CCCN1C(=O)OC(C)(C)C. The summed E-state index contributed by atoms with van der Waals surface area (Å²) in [6, 6.07) is 7.54. The van der Waals surface area contributed by atoms with Crippen LogP contribution >= 0.6 is 23.2 Å². The molecular formula is C36H39Cl2F2N2O9+. The van der Waals surface area contributed by atoms with Gasteiger partial charge in [0.1, 0.15) is 27.8 Å².